The zero-order chi connectivity index (χ0) is 26.0. The molecule has 4 rings (SSSR count). The Morgan fingerprint density at radius 2 is 1.86 bits per heavy atom. The van der Waals surface area contributed by atoms with Gasteiger partial charge in [-0.15, -0.1) is 0 Å². The molecule has 1 aromatic heterocycles. The van der Waals surface area contributed by atoms with Crippen molar-refractivity contribution in [2.24, 2.45) is 5.10 Å². The Hall–Kier alpha value is -2.39. The lowest BCUT2D eigenvalue weighted by Crippen LogP contribution is -2.23. The number of fused-ring (bicyclic) bond motifs is 1. The minimum Gasteiger partial charge on any atom is -0.493 e. The Morgan fingerprint density at radius 3 is 2.56 bits per heavy atom. The predicted octanol–water partition coefficient (Wildman–Crippen LogP) is 7.82. The first kappa shape index (κ1) is 26.7. The molecule has 1 heterocycles. The van der Waals surface area contributed by atoms with Gasteiger partial charge in [0, 0.05) is 36.0 Å². The molecule has 0 bridgehead atoms. The topological polar surface area (TPSA) is 65.7 Å². The van der Waals surface area contributed by atoms with Crippen LogP contribution in [0.15, 0.2) is 67.4 Å². The lowest BCUT2D eigenvalue weighted by molar-refractivity contribution is 0.284. The molecule has 4 aromatic rings. The molecule has 0 atom stereocenters. The van der Waals surface area contributed by atoms with Crippen molar-refractivity contribution in [2.45, 2.75) is 26.4 Å². The van der Waals surface area contributed by atoms with E-state index < -0.39 is 0 Å². The van der Waals surface area contributed by atoms with E-state index in [0.29, 0.717) is 43.8 Å². The Kier molecular flexibility index (Phi) is 8.40. The number of aromatic nitrogens is 2. The van der Waals surface area contributed by atoms with Crippen LogP contribution in [0.4, 0.5) is 0 Å². The Labute approximate surface area is 235 Å². The number of methoxy groups -OCH3 is 1. The van der Waals surface area contributed by atoms with Gasteiger partial charge in [-0.25, -0.2) is 4.98 Å². The van der Waals surface area contributed by atoms with Crippen molar-refractivity contribution in [1.29, 1.82) is 0 Å². The van der Waals surface area contributed by atoms with Gasteiger partial charge in [-0.1, -0.05) is 75.0 Å². The van der Waals surface area contributed by atoms with Gasteiger partial charge >= 0.3 is 0 Å². The number of hydrogen-bond acceptors (Lipinski definition) is 5. The van der Waals surface area contributed by atoms with Crippen molar-refractivity contribution in [1.82, 2.24) is 9.66 Å². The highest BCUT2D eigenvalue weighted by atomic mass is 79.9. The number of benzene rings is 3. The molecular weight excluding hydrogens is 633 g/mol. The molecule has 0 aliphatic carbocycles. The van der Waals surface area contributed by atoms with Crippen molar-refractivity contribution in [3.63, 3.8) is 0 Å². The van der Waals surface area contributed by atoms with Crippen LogP contribution in [-0.2, 0) is 6.61 Å². The van der Waals surface area contributed by atoms with Crippen molar-refractivity contribution >= 4 is 72.2 Å². The van der Waals surface area contributed by atoms with Crippen LogP contribution in [0.1, 0.15) is 36.7 Å². The zero-order valence-electron chi connectivity index (χ0n) is 19.6. The van der Waals surface area contributed by atoms with Crippen molar-refractivity contribution in [2.75, 3.05) is 7.11 Å². The van der Waals surface area contributed by atoms with Gasteiger partial charge in [0.2, 0.25) is 0 Å². The molecule has 0 aliphatic heterocycles. The summed E-state index contributed by atoms with van der Waals surface area (Å²) in [5.41, 5.74) is 1.71. The lowest BCUT2D eigenvalue weighted by Gasteiger charge is -2.15. The lowest BCUT2D eigenvalue weighted by atomic mass is 10.2. The summed E-state index contributed by atoms with van der Waals surface area (Å²) in [4.78, 5) is 18.1. The van der Waals surface area contributed by atoms with E-state index in [1.165, 1.54) is 4.68 Å². The Morgan fingerprint density at radius 1 is 1.08 bits per heavy atom. The summed E-state index contributed by atoms with van der Waals surface area (Å²) in [5.74, 6) is 1.45. The van der Waals surface area contributed by atoms with Gasteiger partial charge < -0.3 is 9.47 Å². The standard InChI is InChI=1S/C26H21Br2Cl2N3O3/c1-14(2)25-32-22-7-5-17(27)9-20(22)26(34)33(25)31-12-16-8-18(28)10-23(35-3)24(16)36-13-15-4-6-19(29)11-21(15)30/h4-12,14H,13H2,1-3H3. The molecule has 0 saturated heterocycles. The van der Waals surface area contributed by atoms with Gasteiger partial charge in [0.25, 0.3) is 5.56 Å². The third kappa shape index (κ3) is 5.78. The molecular formula is C26H21Br2Cl2N3O3. The third-order valence-corrected chi connectivity index (χ3v) is 6.86. The molecule has 186 valence electrons. The molecule has 36 heavy (non-hydrogen) atoms. The average molecular weight is 654 g/mol. The van der Waals surface area contributed by atoms with Crippen LogP contribution >= 0.6 is 55.1 Å². The molecule has 3 aromatic carbocycles. The van der Waals surface area contributed by atoms with Crippen LogP contribution in [-0.4, -0.2) is 23.0 Å². The third-order valence-electron chi connectivity index (χ3n) is 5.32. The zero-order valence-corrected chi connectivity index (χ0v) is 24.2. The van der Waals surface area contributed by atoms with Crippen molar-refractivity contribution in [3.05, 3.63) is 94.8 Å². The highest BCUT2D eigenvalue weighted by Crippen LogP contribution is 2.35. The summed E-state index contributed by atoms with van der Waals surface area (Å²) in [5, 5.41) is 6.04. The smallest absolute Gasteiger partial charge is 0.282 e. The molecule has 0 saturated carbocycles. The average Bonchev–Trinajstić information content (AvgIpc) is 2.83. The molecule has 10 heteroatoms. The van der Waals surface area contributed by atoms with Crippen LogP contribution in [0.2, 0.25) is 10.0 Å². The first-order chi connectivity index (χ1) is 17.2. The molecule has 0 spiro atoms. The normalized spacial score (nSPS) is 11.6. The van der Waals surface area contributed by atoms with Crippen LogP contribution < -0.4 is 15.0 Å². The van der Waals surface area contributed by atoms with E-state index in [2.05, 4.69) is 37.0 Å². The minimum atomic E-state index is -0.265. The highest BCUT2D eigenvalue weighted by molar-refractivity contribution is 9.10. The maximum absolute atomic E-state index is 13.4. The predicted molar refractivity (Wildman–Crippen MR) is 152 cm³/mol. The van der Waals surface area contributed by atoms with Gasteiger partial charge in [-0.2, -0.15) is 9.78 Å². The summed E-state index contributed by atoms with van der Waals surface area (Å²) in [6.45, 7) is 4.10. The number of ether oxygens (including phenoxy) is 2. The van der Waals surface area contributed by atoms with Gasteiger partial charge in [0.15, 0.2) is 11.5 Å². The van der Waals surface area contributed by atoms with E-state index in [9.17, 15) is 4.79 Å². The SMILES string of the molecule is COc1cc(Br)cc(C=Nn2c(C(C)C)nc3ccc(Br)cc3c2=O)c1OCc1ccc(Cl)cc1Cl. The number of halogens is 4. The van der Waals surface area contributed by atoms with Crippen LogP contribution in [0, 0.1) is 0 Å². The molecule has 0 N–H and O–H groups in total. The fraction of sp³-hybridized carbons (Fsp3) is 0.192. The largest absolute Gasteiger partial charge is 0.493 e. The maximum Gasteiger partial charge on any atom is 0.282 e. The van der Waals surface area contributed by atoms with Crippen molar-refractivity contribution in [3.8, 4) is 11.5 Å². The number of hydrogen-bond donors (Lipinski definition) is 0. The maximum atomic E-state index is 13.4. The van der Waals surface area contributed by atoms with E-state index in [1.807, 2.05) is 32.0 Å². The van der Waals surface area contributed by atoms with Crippen LogP contribution in [0.5, 0.6) is 11.5 Å². The fourth-order valence-electron chi connectivity index (χ4n) is 3.55. The monoisotopic (exact) mass is 651 g/mol. The molecule has 0 amide bonds. The van der Waals surface area contributed by atoms with Crippen molar-refractivity contribution < 1.29 is 9.47 Å². The summed E-state index contributed by atoms with van der Waals surface area (Å²) >= 11 is 19.3. The quantitative estimate of drug-likeness (QED) is 0.191. The Bertz CT molecular complexity index is 1540. The second kappa shape index (κ2) is 11.3. The Balaban J connectivity index is 1.79. The van der Waals surface area contributed by atoms with E-state index in [4.69, 9.17) is 37.7 Å². The fourth-order valence-corrected chi connectivity index (χ4v) is 4.83. The van der Waals surface area contributed by atoms with E-state index in [-0.39, 0.29) is 18.1 Å². The van der Waals surface area contributed by atoms with Gasteiger partial charge in [-0.3, -0.25) is 4.79 Å². The van der Waals surface area contributed by atoms with Gasteiger partial charge in [0.05, 0.1) is 24.2 Å². The number of rotatable bonds is 7. The van der Waals surface area contributed by atoms with Gasteiger partial charge in [0.1, 0.15) is 12.4 Å². The minimum absolute atomic E-state index is 0.0392. The molecule has 0 radical (unpaired) electrons. The second-order valence-electron chi connectivity index (χ2n) is 8.20. The molecule has 0 unspecified atom stereocenters. The molecule has 0 fully saturated rings. The van der Waals surface area contributed by atoms with Crippen LogP contribution in [0.3, 0.4) is 0 Å². The summed E-state index contributed by atoms with van der Waals surface area (Å²) in [6, 6.07) is 14.2. The number of nitrogens with zero attached hydrogens (tertiary/aromatic N) is 3. The first-order valence-electron chi connectivity index (χ1n) is 10.9. The van der Waals surface area contributed by atoms with E-state index >= 15 is 0 Å². The van der Waals surface area contributed by atoms with Gasteiger partial charge in [-0.05, 0) is 42.5 Å². The summed E-state index contributed by atoms with van der Waals surface area (Å²) in [7, 11) is 1.55. The molecule has 0 aliphatic rings. The molecule has 6 nitrogen and oxygen atoms in total. The van der Waals surface area contributed by atoms with E-state index in [1.54, 1.807) is 43.7 Å². The second-order valence-corrected chi connectivity index (χ2v) is 10.9. The summed E-state index contributed by atoms with van der Waals surface area (Å²) < 4.78 is 14.6. The summed E-state index contributed by atoms with van der Waals surface area (Å²) in [6.07, 6.45) is 1.56. The van der Waals surface area contributed by atoms with Crippen LogP contribution in [0.25, 0.3) is 10.9 Å². The first-order valence-corrected chi connectivity index (χ1v) is 13.2. The highest BCUT2D eigenvalue weighted by Gasteiger charge is 2.16. The van der Waals surface area contributed by atoms with E-state index in [0.717, 1.165) is 14.5 Å².